The molecule has 1 aromatic heterocycles. The van der Waals surface area contributed by atoms with Crippen LogP contribution in [0.25, 0.3) is 17.0 Å². The van der Waals surface area contributed by atoms with Crippen LogP contribution in [0.3, 0.4) is 0 Å². The largest absolute Gasteiger partial charge is 0.493 e. The minimum absolute atomic E-state index is 0.0393. The zero-order valence-corrected chi connectivity index (χ0v) is 14.6. The van der Waals surface area contributed by atoms with E-state index in [9.17, 15) is 10.1 Å². The maximum absolute atomic E-state index is 12.4. The van der Waals surface area contributed by atoms with Gasteiger partial charge in [0.15, 0.2) is 11.3 Å². The molecule has 0 fully saturated rings. The van der Waals surface area contributed by atoms with Crippen LogP contribution in [0.1, 0.15) is 18.2 Å². The fourth-order valence-corrected chi connectivity index (χ4v) is 2.60. The number of methoxy groups -OCH3 is 1. The van der Waals surface area contributed by atoms with Gasteiger partial charge in [-0.05, 0) is 36.2 Å². The molecule has 3 aromatic rings. The predicted molar refractivity (Wildman–Crippen MR) is 101 cm³/mol. The summed E-state index contributed by atoms with van der Waals surface area (Å²) in [5.41, 5.74) is 2.35. The summed E-state index contributed by atoms with van der Waals surface area (Å²) in [6.45, 7) is 2.06. The third-order valence-electron chi connectivity index (χ3n) is 4.02. The molecule has 3 rings (SSSR count). The first-order valence-corrected chi connectivity index (χ1v) is 8.23. The standard InChI is InChI=1S/C21H18N2O3/c1-3-14-7-9-17(10-8-14)23-21(24)16(13-22)12-18-11-15-5-4-6-19(25-2)20(15)26-18/h4-12H,3H2,1-2H3,(H,23,24)/b16-12+. The molecule has 5 heteroatoms. The molecule has 5 nitrogen and oxygen atoms in total. The third kappa shape index (κ3) is 3.60. The molecule has 1 heterocycles. The van der Waals surface area contributed by atoms with E-state index in [0.29, 0.717) is 22.8 Å². The van der Waals surface area contributed by atoms with Crippen LogP contribution < -0.4 is 10.1 Å². The summed E-state index contributed by atoms with van der Waals surface area (Å²) in [6, 6.07) is 16.7. The van der Waals surface area contributed by atoms with Gasteiger partial charge in [0.05, 0.1) is 7.11 Å². The highest BCUT2D eigenvalue weighted by atomic mass is 16.5. The Morgan fingerprint density at radius 3 is 2.69 bits per heavy atom. The molecule has 0 unspecified atom stereocenters. The molecule has 26 heavy (non-hydrogen) atoms. The van der Waals surface area contributed by atoms with Gasteiger partial charge >= 0.3 is 0 Å². The lowest BCUT2D eigenvalue weighted by molar-refractivity contribution is -0.112. The SMILES string of the molecule is CCc1ccc(NC(=O)/C(C#N)=C/c2cc3cccc(OC)c3o2)cc1. The van der Waals surface area contributed by atoms with Gasteiger partial charge in [-0.15, -0.1) is 0 Å². The molecule has 0 spiro atoms. The number of hydrogen-bond acceptors (Lipinski definition) is 4. The monoisotopic (exact) mass is 346 g/mol. The summed E-state index contributed by atoms with van der Waals surface area (Å²) in [7, 11) is 1.56. The molecule has 0 aliphatic heterocycles. The number of ether oxygens (including phenoxy) is 1. The van der Waals surface area contributed by atoms with Crippen molar-refractivity contribution in [1.82, 2.24) is 0 Å². The van der Waals surface area contributed by atoms with Crippen LogP contribution in [-0.2, 0) is 11.2 Å². The highest BCUT2D eigenvalue weighted by Gasteiger charge is 2.13. The van der Waals surface area contributed by atoms with Crippen LogP contribution in [0.5, 0.6) is 5.75 Å². The summed E-state index contributed by atoms with van der Waals surface area (Å²) in [4.78, 5) is 12.4. The maximum Gasteiger partial charge on any atom is 0.266 e. The number of nitriles is 1. The number of hydrogen-bond donors (Lipinski definition) is 1. The van der Waals surface area contributed by atoms with Crippen LogP contribution in [0.4, 0.5) is 5.69 Å². The number of carbonyl (C=O) groups excluding carboxylic acids is 1. The average molecular weight is 346 g/mol. The molecule has 0 aliphatic rings. The van der Waals surface area contributed by atoms with Gasteiger partial charge in [-0.1, -0.05) is 31.2 Å². The van der Waals surface area contributed by atoms with E-state index in [4.69, 9.17) is 9.15 Å². The van der Waals surface area contributed by atoms with Gasteiger partial charge in [0.25, 0.3) is 5.91 Å². The van der Waals surface area contributed by atoms with E-state index in [-0.39, 0.29) is 5.57 Å². The van der Waals surface area contributed by atoms with Gasteiger partial charge in [-0.3, -0.25) is 4.79 Å². The van der Waals surface area contributed by atoms with Crippen molar-refractivity contribution in [2.24, 2.45) is 0 Å². The normalized spacial score (nSPS) is 11.2. The zero-order valence-electron chi connectivity index (χ0n) is 14.6. The van der Waals surface area contributed by atoms with Gasteiger partial charge in [0.1, 0.15) is 17.4 Å². The Hall–Kier alpha value is -3.52. The molecular weight excluding hydrogens is 328 g/mol. The number of amides is 1. The number of nitrogens with zero attached hydrogens (tertiary/aromatic N) is 1. The van der Waals surface area contributed by atoms with E-state index < -0.39 is 5.91 Å². The predicted octanol–water partition coefficient (Wildman–Crippen LogP) is 4.55. The molecule has 0 bridgehead atoms. The molecular formula is C21H18N2O3. The first kappa shape index (κ1) is 17.3. The molecule has 2 aromatic carbocycles. The average Bonchev–Trinajstić information content (AvgIpc) is 3.09. The lowest BCUT2D eigenvalue weighted by Gasteiger charge is -2.05. The topological polar surface area (TPSA) is 75.3 Å². The first-order valence-electron chi connectivity index (χ1n) is 8.23. The van der Waals surface area contributed by atoms with Gasteiger partial charge in [0.2, 0.25) is 0 Å². The highest BCUT2D eigenvalue weighted by molar-refractivity contribution is 6.09. The van der Waals surface area contributed by atoms with Crippen LogP contribution in [0.15, 0.2) is 58.5 Å². The second kappa shape index (κ2) is 7.58. The Bertz CT molecular complexity index is 1010. The quantitative estimate of drug-likeness (QED) is 0.543. The number of furan rings is 1. The van der Waals surface area contributed by atoms with Crippen LogP contribution >= 0.6 is 0 Å². The fourth-order valence-electron chi connectivity index (χ4n) is 2.60. The van der Waals surface area contributed by atoms with Crippen LogP contribution in [-0.4, -0.2) is 13.0 Å². The Morgan fingerprint density at radius 1 is 1.27 bits per heavy atom. The van der Waals surface area contributed by atoms with Crippen molar-refractivity contribution in [2.45, 2.75) is 13.3 Å². The number of fused-ring (bicyclic) bond motifs is 1. The van der Waals surface area contributed by atoms with E-state index in [2.05, 4.69) is 12.2 Å². The van der Waals surface area contributed by atoms with Crippen LogP contribution in [0.2, 0.25) is 0 Å². The molecule has 1 N–H and O–H groups in total. The Labute approximate surface area is 151 Å². The molecule has 0 saturated carbocycles. The van der Waals surface area contributed by atoms with Crippen molar-refractivity contribution in [3.63, 3.8) is 0 Å². The van der Waals surface area contributed by atoms with Crippen molar-refractivity contribution in [2.75, 3.05) is 12.4 Å². The van der Waals surface area contributed by atoms with Gasteiger partial charge < -0.3 is 14.5 Å². The number of benzene rings is 2. The number of carbonyl (C=O) groups is 1. The Kier molecular flexibility index (Phi) is 5.04. The molecule has 1 amide bonds. The van der Waals surface area contributed by atoms with E-state index in [1.807, 2.05) is 42.5 Å². The smallest absolute Gasteiger partial charge is 0.266 e. The minimum Gasteiger partial charge on any atom is -0.493 e. The lowest BCUT2D eigenvalue weighted by Crippen LogP contribution is -2.13. The molecule has 0 atom stereocenters. The number of para-hydroxylation sites is 1. The maximum atomic E-state index is 12.4. The summed E-state index contributed by atoms with van der Waals surface area (Å²) < 4.78 is 11.0. The fraction of sp³-hybridized carbons (Fsp3) is 0.143. The van der Waals surface area contributed by atoms with E-state index in [0.717, 1.165) is 11.8 Å². The Balaban J connectivity index is 1.85. The first-order chi connectivity index (χ1) is 12.6. The summed E-state index contributed by atoms with van der Waals surface area (Å²) in [5.74, 6) is 0.530. The van der Waals surface area contributed by atoms with E-state index >= 15 is 0 Å². The van der Waals surface area contributed by atoms with Crippen molar-refractivity contribution in [3.05, 3.63) is 65.4 Å². The van der Waals surface area contributed by atoms with E-state index in [1.165, 1.54) is 11.6 Å². The summed E-state index contributed by atoms with van der Waals surface area (Å²) in [6.07, 6.45) is 2.35. The Morgan fingerprint density at radius 2 is 2.04 bits per heavy atom. The third-order valence-corrected chi connectivity index (χ3v) is 4.02. The number of anilines is 1. The van der Waals surface area contributed by atoms with Crippen molar-refractivity contribution < 1.29 is 13.9 Å². The lowest BCUT2D eigenvalue weighted by atomic mass is 10.1. The molecule has 130 valence electrons. The second-order valence-electron chi connectivity index (χ2n) is 5.70. The minimum atomic E-state index is -0.482. The molecule has 0 aliphatic carbocycles. The number of nitrogens with one attached hydrogen (secondary N) is 1. The molecule has 0 radical (unpaired) electrons. The molecule has 0 saturated heterocycles. The van der Waals surface area contributed by atoms with Gasteiger partial charge in [-0.2, -0.15) is 5.26 Å². The zero-order chi connectivity index (χ0) is 18.5. The summed E-state index contributed by atoms with van der Waals surface area (Å²) in [5, 5.41) is 12.9. The van der Waals surface area contributed by atoms with Crippen molar-refractivity contribution >= 4 is 28.6 Å². The van der Waals surface area contributed by atoms with Gasteiger partial charge in [0, 0.05) is 17.1 Å². The summed E-state index contributed by atoms with van der Waals surface area (Å²) >= 11 is 0. The van der Waals surface area contributed by atoms with Crippen molar-refractivity contribution in [1.29, 1.82) is 5.26 Å². The second-order valence-corrected chi connectivity index (χ2v) is 5.70. The number of rotatable bonds is 5. The van der Waals surface area contributed by atoms with E-state index in [1.54, 1.807) is 19.2 Å². The highest BCUT2D eigenvalue weighted by Crippen LogP contribution is 2.29. The van der Waals surface area contributed by atoms with Crippen LogP contribution in [0, 0.1) is 11.3 Å². The van der Waals surface area contributed by atoms with Crippen molar-refractivity contribution in [3.8, 4) is 11.8 Å². The number of aryl methyl sites for hydroxylation is 1. The van der Waals surface area contributed by atoms with Gasteiger partial charge in [-0.25, -0.2) is 0 Å².